The Bertz CT molecular complexity index is 1100. The number of aryl methyl sites for hydroxylation is 2. The third-order valence-corrected chi connectivity index (χ3v) is 4.46. The van der Waals surface area contributed by atoms with Gasteiger partial charge in [-0.25, -0.2) is 14.8 Å². The second-order valence-electron chi connectivity index (χ2n) is 6.72. The van der Waals surface area contributed by atoms with Gasteiger partial charge in [0.1, 0.15) is 6.33 Å². The summed E-state index contributed by atoms with van der Waals surface area (Å²) in [4.78, 5) is 33.2. The fraction of sp³-hybridized carbons (Fsp3) is 0.190. The maximum absolute atomic E-state index is 12.1. The number of rotatable bonds is 6. The van der Waals surface area contributed by atoms with Crippen molar-refractivity contribution in [3.05, 3.63) is 75.6 Å². The molecule has 9 nitrogen and oxygen atoms in total. The Morgan fingerprint density at radius 2 is 1.80 bits per heavy atom. The van der Waals surface area contributed by atoms with Gasteiger partial charge < -0.3 is 15.0 Å². The first-order valence-corrected chi connectivity index (χ1v) is 9.07. The summed E-state index contributed by atoms with van der Waals surface area (Å²) in [6.45, 7) is 3.88. The number of hydrogen-bond donors (Lipinski definition) is 1. The van der Waals surface area contributed by atoms with E-state index in [4.69, 9.17) is 4.74 Å². The van der Waals surface area contributed by atoms with Crippen molar-refractivity contribution in [1.82, 2.24) is 9.97 Å². The molecule has 1 N–H and O–H groups in total. The minimum Gasteiger partial charge on any atom is -0.465 e. The van der Waals surface area contributed by atoms with E-state index in [0.717, 1.165) is 11.1 Å². The maximum Gasteiger partial charge on any atom is 0.354 e. The zero-order valence-corrected chi connectivity index (χ0v) is 17.0. The average Bonchev–Trinajstić information content (AvgIpc) is 2.71. The van der Waals surface area contributed by atoms with E-state index in [1.54, 1.807) is 31.3 Å². The van der Waals surface area contributed by atoms with Gasteiger partial charge in [0, 0.05) is 12.7 Å². The van der Waals surface area contributed by atoms with Crippen LogP contribution in [0.3, 0.4) is 0 Å². The van der Waals surface area contributed by atoms with Crippen molar-refractivity contribution in [3.63, 3.8) is 0 Å². The van der Waals surface area contributed by atoms with Gasteiger partial charge in [0.25, 0.3) is 0 Å². The molecule has 0 atom stereocenters. The van der Waals surface area contributed by atoms with Crippen LogP contribution in [0.25, 0.3) is 0 Å². The minimum atomic E-state index is -0.553. The van der Waals surface area contributed by atoms with Crippen LogP contribution in [0.2, 0.25) is 0 Å². The lowest BCUT2D eigenvalue weighted by atomic mass is 10.1. The van der Waals surface area contributed by atoms with Gasteiger partial charge in [-0.2, -0.15) is 0 Å². The number of aromatic nitrogens is 2. The van der Waals surface area contributed by atoms with Crippen LogP contribution in [0, 0.1) is 24.0 Å². The van der Waals surface area contributed by atoms with E-state index >= 15 is 0 Å². The van der Waals surface area contributed by atoms with E-state index in [9.17, 15) is 14.9 Å². The summed E-state index contributed by atoms with van der Waals surface area (Å²) in [6.07, 6.45) is 1.24. The largest absolute Gasteiger partial charge is 0.465 e. The molecule has 0 saturated heterocycles. The lowest BCUT2D eigenvalue weighted by Crippen LogP contribution is -2.18. The fourth-order valence-corrected chi connectivity index (χ4v) is 3.22. The molecule has 0 aliphatic rings. The highest BCUT2D eigenvalue weighted by atomic mass is 16.6. The normalized spacial score (nSPS) is 10.4. The number of nitrogens with one attached hydrogen (secondary N) is 1. The summed E-state index contributed by atoms with van der Waals surface area (Å²) < 4.78 is 4.82. The molecular weight excluding hydrogens is 386 g/mol. The third-order valence-electron chi connectivity index (χ3n) is 4.46. The molecule has 0 spiro atoms. The molecular formula is C21H21N5O4. The number of carbonyl (C=O) groups excluding carboxylic acids is 1. The van der Waals surface area contributed by atoms with Crippen LogP contribution in [0.15, 0.2) is 48.8 Å². The Labute approximate surface area is 173 Å². The zero-order valence-electron chi connectivity index (χ0n) is 17.0. The summed E-state index contributed by atoms with van der Waals surface area (Å²) in [7, 11) is 2.87. The second kappa shape index (κ2) is 8.56. The molecule has 2 aromatic carbocycles. The Kier molecular flexibility index (Phi) is 5.91. The van der Waals surface area contributed by atoms with Gasteiger partial charge in [0.2, 0.25) is 11.6 Å². The Morgan fingerprint density at radius 1 is 1.13 bits per heavy atom. The highest BCUT2D eigenvalue weighted by Gasteiger charge is 2.28. The lowest BCUT2D eigenvalue weighted by Gasteiger charge is -2.21. The second-order valence-corrected chi connectivity index (χ2v) is 6.72. The molecule has 0 bridgehead atoms. The number of methoxy groups -OCH3 is 1. The van der Waals surface area contributed by atoms with Gasteiger partial charge in [-0.15, -0.1) is 0 Å². The van der Waals surface area contributed by atoms with Crippen molar-refractivity contribution in [2.75, 3.05) is 24.4 Å². The van der Waals surface area contributed by atoms with Gasteiger partial charge in [-0.3, -0.25) is 10.1 Å². The molecule has 0 amide bonds. The molecule has 1 aromatic heterocycles. The molecule has 3 rings (SSSR count). The summed E-state index contributed by atoms with van der Waals surface area (Å²) in [5.41, 5.74) is 3.08. The summed E-state index contributed by atoms with van der Waals surface area (Å²) in [6, 6.07) is 12.4. The Hall–Kier alpha value is -4.01. The molecule has 3 aromatic rings. The van der Waals surface area contributed by atoms with Crippen LogP contribution in [0.4, 0.5) is 28.7 Å². The van der Waals surface area contributed by atoms with Crippen LogP contribution in [0.1, 0.15) is 21.5 Å². The molecule has 0 radical (unpaired) electrons. The van der Waals surface area contributed by atoms with E-state index < -0.39 is 10.9 Å². The van der Waals surface area contributed by atoms with Gasteiger partial charge in [0.15, 0.2) is 0 Å². The number of hydrogen-bond acceptors (Lipinski definition) is 8. The van der Waals surface area contributed by atoms with Gasteiger partial charge >= 0.3 is 11.7 Å². The molecule has 30 heavy (non-hydrogen) atoms. The van der Waals surface area contributed by atoms with Crippen molar-refractivity contribution in [2.45, 2.75) is 13.8 Å². The zero-order chi connectivity index (χ0) is 21.8. The molecule has 9 heteroatoms. The summed E-state index contributed by atoms with van der Waals surface area (Å²) >= 11 is 0. The number of benzene rings is 2. The Morgan fingerprint density at radius 3 is 2.43 bits per heavy atom. The van der Waals surface area contributed by atoms with Crippen LogP contribution in [0.5, 0.6) is 0 Å². The number of para-hydroxylation sites is 1. The fourth-order valence-electron chi connectivity index (χ4n) is 3.22. The van der Waals surface area contributed by atoms with Crippen molar-refractivity contribution in [1.29, 1.82) is 0 Å². The number of nitrogens with zero attached hydrogens (tertiary/aromatic N) is 4. The third kappa shape index (κ3) is 4.19. The van der Waals surface area contributed by atoms with Crippen LogP contribution >= 0.6 is 0 Å². The molecule has 1 heterocycles. The molecule has 154 valence electrons. The number of ether oxygens (including phenoxy) is 1. The molecule has 0 aliphatic heterocycles. The Balaban J connectivity index is 2.10. The van der Waals surface area contributed by atoms with Crippen LogP contribution in [-0.2, 0) is 4.74 Å². The predicted molar refractivity (Wildman–Crippen MR) is 114 cm³/mol. The number of anilines is 4. The number of esters is 1. The van der Waals surface area contributed by atoms with Gasteiger partial charge in [-0.05, 0) is 49.2 Å². The number of carbonyl (C=O) groups is 1. The van der Waals surface area contributed by atoms with Crippen molar-refractivity contribution >= 4 is 34.7 Å². The smallest absolute Gasteiger partial charge is 0.354 e. The average molecular weight is 407 g/mol. The molecule has 0 saturated carbocycles. The van der Waals surface area contributed by atoms with E-state index in [1.807, 2.05) is 32.0 Å². The van der Waals surface area contributed by atoms with Crippen LogP contribution < -0.4 is 10.2 Å². The van der Waals surface area contributed by atoms with Crippen LogP contribution in [-0.4, -0.2) is 35.0 Å². The topological polar surface area (TPSA) is 110 Å². The van der Waals surface area contributed by atoms with E-state index in [0.29, 0.717) is 11.4 Å². The number of nitro groups is 1. The maximum atomic E-state index is 12.1. The monoisotopic (exact) mass is 407 g/mol. The highest BCUT2D eigenvalue weighted by molar-refractivity contribution is 5.97. The van der Waals surface area contributed by atoms with Crippen molar-refractivity contribution < 1.29 is 14.5 Å². The first-order valence-electron chi connectivity index (χ1n) is 9.07. The van der Waals surface area contributed by atoms with Gasteiger partial charge in [0.05, 0.1) is 23.3 Å². The standard InChI is InChI=1S/C21H21N5O4/c1-13-9-14(2)11-15(10-13)24-19-18(26(28)29)20(23-12-22-19)25(3)17-8-6-5-7-16(17)21(27)30-4/h5-12H,1-4H3,(H,22,23,24). The quantitative estimate of drug-likeness (QED) is 0.366. The SMILES string of the molecule is COC(=O)c1ccccc1N(C)c1ncnc(Nc2cc(C)cc(C)c2)c1[N+](=O)[O-]. The van der Waals surface area contributed by atoms with Gasteiger partial charge in [-0.1, -0.05) is 18.2 Å². The lowest BCUT2D eigenvalue weighted by molar-refractivity contribution is -0.383. The summed E-state index contributed by atoms with van der Waals surface area (Å²) in [5, 5.41) is 15.0. The molecule has 0 aliphatic carbocycles. The van der Waals surface area contributed by atoms with E-state index in [2.05, 4.69) is 15.3 Å². The van der Waals surface area contributed by atoms with Crippen molar-refractivity contribution in [2.24, 2.45) is 0 Å². The highest BCUT2D eigenvalue weighted by Crippen LogP contribution is 2.37. The summed E-state index contributed by atoms with van der Waals surface area (Å²) in [5.74, 6) is -0.460. The van der Waals surface area contributed by atoms with Crippen molar-refractivity contribution in [3.8, 4) is 0 Å². The molecule has 0 unspecified atom stereocenters. The van der Waals surface area contributed by atoms with E-state index in [-0.39, 0.29) is 22.9 Å². The van der Waals surface area contributed by atoms with E-state index in [1.165, 1.54) is 18.3 Å². The first kappa shape index (κ1) is 20.7. The predicted octanol–water partition coefficient (Wildman–Crippen LogP) is 4.30. The first-order chi connectivity index (χ1) is 14.3. The molecule has 0 fully saturated rings. The minimum absolute atomic E-state index is 0.0400.